The van der Waals surface area contributed by atoms with Gasteiger partial charge in [0.15, 0.2) is 0 Å². The van der Waals surface area contributed by atoms with E-state index >= 15 is 0 Å². The summed E-state index contributed by atoms with van der Waals surface area (Å²) >= 11 is 0. The Labute approximate surface area is 146 Å². The molecule has 7 heteroatoms. The SMILES string of the molecule is CCCCCNC(=O)CN(C)C(=O)CN(C)C(=O)CN(C)C(C)C. The molecule has 0 aromatic carbocycles. The molecule has 0 radical (unpaired) electrons. The lowest BCUT2D eigenvalue weighted by molar-refractivity contribution is -0.140. The Morgan fingerprint density at radius 3 is 1.96 bits per heavy atom. The van der Waals surface area contributed by atoms with E-state index in [0.29, 0.717) is 6.54 Å². The molecule has 0 unspecified atom stereocenters. The smallest absolute Gasteiger partial charge is 0.242 e. The lowest BCUT2D eigenvalue weighted by Gasteiger charge is -2.25. The van der Waals surface area contributed by atoms with E-state index in [1.807, 2.05) is 25.8 Å². The minimum atomic E-state index is -0.248. The zero-order chi connectivity index (χ0) is 18.7. The molecule has 140 valence electrons. The maximum atomic E-state index is 12.1. The molecule has 0 rings (SSSR count). The quantitative estimate of drug-likeness (QED) is 0.557. The van der Waals surface area contributed by atoms with Gasteiger partial charge in [0.05, 0.1) is 19.6 Å². The van der Waals surface area contributed by atoms with Crippen molar-refractivity contribution in [1.82, 2.24) is 20.0 Å². The monoisotopic (exact) mass is 342 g/mol. The molecule has 0 spiro atoms. The first-order chi connectivity index (χ1) is 11.2. The standard InChI is InChI=1S/C17H34N4O3/c1-7-8-9-10-18-15(22)11-20(5)17(24)13-21(6)16(23)12-19(4)14(2)3/h14H,7-13H2,1-6H3,(H,18,22). The molecule has 0 bridgehead atoms. The Morgan fingerprint density at radius 2 is 1.42 bits per heavy atom. The van der Waals surface area contributed by atoms with Crippen LogP contribution in [0.1, 0.15) is 40.0 Å². The van der Waals surface area contributed by atoms with Gasteiger partial charge < -0.3 is 15.1 Å². The lowest BCUT2D eigenvalue weighted by Crippen LogP contribution is -2.46. The van der Waals surface area contributed by atoms with Crippen LogP contribution in [-0.4, -0.2) is 85.8 Å². The predicted molar refractivity (Wildman–Crippen MR) is 95.6 cm³/mol. The molecule has 0 atom stereocenters. The van der Waals surface area contributed by atoms with Crippen LogP contribution in [0.25, 0.3) is 0 Å². The average molecular weight is 342 g/mol. The fourth-order valence-corrected chi connectivity index (χ4v) is 1.89. The zero-order valence-electron chi connectivity index (χ0n) is 16.1. The van der Waals surface area contributed by atoms with Gasteiger partial charge >= 0.3 is 0 Å². The minimum absolute atomic E-state index is 0.0128. The molecule has 1 N–H and O–H groups in total. The third kappa shape index (κ3) is 9.50. The van der Waals surface area contributed by atoms with E-state index in [1.54, 1.807) is 14.1 Å². The molecule has 0 aliphatic heterocycles. The van der Waals surface area contributed by atoms with Gasteiger partial charge in [0.2, 0.25) is 17.7 Å². The van der Waals surface area contributed by atoms with Gasteiger partial charge in [-0.1, -0.05) is 19.8 Å². The second-order valence-electron chi connectivity index (χ2n) is 6.57. The molecular formula is C17H34N4O3. The minimum Gasteiger partial charge on any atom is -0.355 e. The Kier molecular flexibility index (Phi) is 11.0. The molecule has 0 saturated carbocycles. The molecule has 0 aliphatic rings. The Bertz CT molecular complexity index is 413. The van der Waals surface area contributed by atoms with Crippen LogP contribution in [0.5, 0.6) is 0 Å². The van der Waals surface area contributed by atoms with Gasteiger partial charge in [-0.05, 0) is 27.3 Å². The van der Waals surface area contributed by atoms with Crippen LogP contribution in [0.3, 0.4) is 0 Å². The van der Waals surface area contributed by atoms with Crippen molar-refractivity contribution in [3.05, 3.63) is 0 Å². The van der Waals surface area contributed by atoms with E-state index in [9.17, 15) is 14.4 Å². The van der Waals surface area contributed by atoms with E-state index in [-0.39, 0.29) is 43.4 Å². The molecule has 0 aromatic rings. The summed E-state index contributed by atoms with van der Waals surface area (Å²) in [6.45, 7) is 7.00. The summed E-state index contributed by atoms with van der Waals surface area (Å²) in [5.74, 6) is -0.533. The number of hydrogen-bond donors (Lipinski definition) is 1. The van der Waals surface area contributed by atoms with E-state index in [2.05, 4.69) is 12.2 Å². The maximum Gasteiger partial charge on any atom is 0.242 e. The molecule has 0 aliphatic carbocycles. The van der Waals surface area contributed by atoms with Gasteiger partial charge in [-0.15, -0.1) is 0 Å². The van der Waals surface area contributed by atoms with Crippen molar-refractivity contribution in [2.24, 2.45) is 0 Å². The number of amides is 3. The number of carbonyl (C=O) groups excluding carboxylic acids is 3. The van der Waals surface area contributed by atoms with Crippen molar-refractivity contribution in [3.63, 3.8) is 0 Å². The largest absolute Gasteiger partial charge is 0.355 e. The fraction of sp³-hybridized carbons (Fsp3) is 0.824. The highest BCUT2D eigenvalue weighted by Crippen LogP contribution is 1.97. The Hall–Kier alpha value is -1.63. The molecular weight excluding hydrogens is 308 g/mol. The second-order valence-corrected chi connectivity index (χ2v) is 6.57. The number of hydrogen-bond acceptors (Lipinski definition) is 4. The summed E-state index contributed by atoms with van der Waals surface area (Å²) in [5, 5.41) is 2.80. The molecule has 7 nitrogen and oxygen atoms in total. The molecule has 3 amide bonds. The van der Waals surface area contributed by atoms with Crippen LogP contribution in [0.4, 0.5) is 0 Å². The average Bonchev–Trinajstić information content (AvgIpc) is 2.50. The van der Waals surface area contributed by atoms with Crippen molar-refractivity contribution in [2.75, 3.05) is 47.3 Å². The van der Waals surface area contributed by atoms with Crippen molar-refractivity contribution in [2.45, 2.75) is 46.1 Å². The number of rotatable bonds is 11. The van der Waals surface area contributed by atoms with Gasteiger partial charge in [-0.2, -0.15) is 0 Å². The fourth-order valence-electron chi connectivity index (χ4n) is 1.89. The first-order valence-electron chi connectivity index (χ1n) is 8.63. The van der Waals surface area contributed by atoms with Crippen molar-refractivity contribution in [1.29, 1.82) is 0 Å². The van der Waals surface area contributed by atoms with Gasteiger partial charge in [0.25, 0.3) is 0 Å². The number of unbranched alkanes of at least 4 members (excludes halogenated alkanes) is 2. The predicted octanol–water partition coefficient (Wildman–Crippen LogP) is 0.550. The summed E-state index contributed by atoms with van der Waals surface area (Å²) in [6.07, 6.45) is 3.12. The van der Waals surface area contributed by atoms with Gasteiger partial charge in [-0.3, -0.25) is 19.3 Å². The van der Waals surface area contributed by atoms with Crippen LogP contribution >= 0.6 is 0 Å². The zero-order valence-corrected chi connectivity index (χ0v) is 16.1. The maximum absolute atomic E-state index is 12.1. The normalized spacial score (nSPS) is 10.8. The lowest BCUT2D eigenvalue weighted by atomic mass is 10.2. The number of carbonyl (C=O) groups is 3. The van der Waals surface area contributed by atoms with Gasteiger partial charge in [0, 0.05) is 26.7 Å². The molecule has 24 heavy (non-hydrogen) atoms. The Morgan fingerprint density at radius 1 is 0.875 bits per heavy atom. The van der Waals surface area contributed by atoms with E-state index in [0.717, 1.165) is 19.3 Å². The second kappa shape index (κ2) is 11.8. The van der Waals surface area contributed by atoms with E-state index in [4.69, 9.17) is 0 Å². The summed E-state index contributed by atoms with van der Waals surface area (Å²) in [7, 11) is 5.05. The highest BCUT2D eigenvalue weighted by Gasteiger charge is 2.19. The van der Waals surface area contributed by atoms with Crippen LogP contribution < -0.4 is 5.32 Å². The van der Waals surface area contributed by atoms with Gasteiger partial charge in [-0.25, -0.2) is 0 Å². The third-order valence-corrected chi connectivity index (χ3v) is 3.97. The van der Waals surface area contributed by atoms with Crippen molar-refractivity contribution in [3.8, 4) is 0 Å². The number of nitrogens with one attached hydrogen (secondary N) is 1. The van der Waals surface area contributed by atoms with Crippen LogP contribution in [0, 0.1) is 0 Å². The Balaban J connectivity index is 4.20. The highest BCUT2D eigenvalue weighted by molar-refractivity contribution is 5.88. The van der Waals surface area contributed by atoms with Crippen molar-refractivity contribution < 1.29 is 14.4 Å². The number of nitrogens with zero attached hydrogens (tertiary/aromatic N) is 3. The summed E-state index contributed by atoms with van der Waals surface area (Å²) in [6, 6.07) is 0.261. The summed E-state index contributed by atoms with van der Waals surface area (Å²) < 4.78 is 0. The van der Waals surface area contributed by atoms with Crippen LogP contribution in [0.15, 0.2) is 0 Å². The molecule has 0 heterocycles. The first kappa shape index (κ1) is 22.4. The van der Waals surface area contributed by atoms with Gasteiger partial charge in [0.1, 0.15) is 0 Å². The topological polar surface area (TPSA) is 73.0 Å². The van der Waals surface area contributed by atoms with Crippen LogP contribution in [-0.2, 0) is 14.4 Å². The molecule has 0 saturated heterocycles. The third-order valence-electron chi connectivity index (χ3n) is 3.97. The summed E-state index contributed by atoms with van der Waals surface area (Å²) in [4.78, 5) is 40.6. The number of likely N-dealkylation sites (N-methyl/N-ethyl adjacent to an activating group) is 3. The van der Waals surface area contributed by atoms with E-state index < -0.39 is 0 Å². The molecule has 0 aromatic heterocycles. The van der Waals surface area contributed by atoms with E-state index in [1.165, 1.54) is 9.80 Å². The first-order valence-corrected chi connectivity index (χ1v) is 8.63. The van der Waals surface area contributed by atoms with Crippen molar-refractivity contribution >= 4 is 17.7 Å². The van der Waals surface area contributed by atoms with Crippen LogP contribution in [0.2, 0.25) is 0 Å². The summed E-state index contributed by atoms with van der Waals surface area (Å²) in [5.41, 5.74) is 0. The molecule has 0 fully saturated rings. The highest BCUT2D eigenvalue weighted by atomic mass is 16.2.